The van der Waals surface area contributed by atoms with Crippen molar-refractivity contribution in [3.63, 3.8) is 0 Å². The highest BCUT2D eigenvalue weighted by Crippen LogP contribution is 2.40. The number of nitrogens with zero attached hydrogens (tertiary/aromatic N) is 4. The summed E-state index contributed by atoms with van der Waals surface area (Å²) in [5, 5.41) is 7.17. The summed E-state index contributed by atoms with van der Waals surface area (Å²) in [7, 11) is 0. The lowest BCUT2D eigenvalue weighted by Gasteiger charge is -2.26. The molecule has 0 spiro atoms. The molecule has 1 fully saturated rings. The molecule has 11 heteroatoms. The lowest BCUT2D eigenvalue weighted by Crippen LogP contribution is -2.39. The van der Waals surface area contributed by atoms with Crippen molar-refractivity contribution < 1.29 is 17.7 Å². The Labute approximate surface area is 192 Å². The van der Waals surface area contributed by atoms with E-state index in [2.05, 4.69) is 25.4 Å². The van der Waals surface area contributed by atoms with Crippen LogP contribution in [-0.2, 0) is 0 Å². The van der Waals surface area contributed by atoms with Gasteiger partial charge in [-0.3, -0.25) is 9.98 Å². The zero-order valence-corrected chi connectivity index (χ0v) is 18.1. The van der Waals surface area contributed by atoms with Crippen LogP contribution in [0.5, 0.6) is 0 Å². The number of halogens is 4. The van der Waals surface area contributed by atoms with Gasteiger partial charge in [-0.05, 0) is 36.6 Å². The summed E-state index contributed by atoms with van der Waals surface area (Å²) in [6, 6.07) is 7.37. The predicted molar refractivity (Wildman–Crippen MR) is 115 cm³/mol. The lowest BCUT2D eigenvalue weighted by molar-refractivity contribution is -0.0389. The summed E-state index contributed by atoms with van der Waals surface area (Å²) in [5.41, 5.74) is 7.50. The molecule has 7 nitrogen and oxygen atoms in total. The molecule has 3 N–H and O–H groups in total. The Bertz CT molecular complexity index is 1170. The van der Waals surface area contributed by atoms with E-state index in [1.807, 2.05) is 0 Å². The summed E-state index contributed by atoms with van der Waals surface area (Å²) >= 11 is 6.14. The quantitative estimate of drug-likeness (QED) is 0.571. The van der Waals surface area contributed by atoms with E-state index in [-0.39, 0.29) is 41.1 Å². The van der Waals surface area contributed by atoms with Crippen LogP contribution in [0.2, 0.25) is 5.02 Å². The van der Waals surface area contributed by atoms with Crippen LogP contribution in [0.3, 0.4) is 0 Å². The molecule has 2 unspecified atom stereocenters. The number of nitrogens with two attached hydrogens (primary N) is 1. The van der Waals surface area contributed by atoms with Gasteiger partial charge in [-0.2, -0.15) is 4.98 Å². The average Bonchev–Trinajstić information content (AvgIpc) is 3.41. The fraction of sp³-hybridized carbons (Fsp3) is 0.364. The Kier molecular flexibility index (Phi) is 5.57. The molecule has 3 aromatic rings. The van der Waals surface area contributed by atoms with E-state index in [4.69, 9.17) is 21.9 Å². The van der Waals surface area contributed by atoms with E-state index in [1.165, 1.54) is 12.1 Å². The Morgan fingerprint density at radius 2 is 1.94 bits per heavy atom. The molecule has 1 saturated carbocycles. The molecule has 0 saturated heterocycles. The van der Waals surface area contributed by atoms with E-state index in [9.17, 15) is 13.2 Å². The molecular weight excluding hydrogens is 457 g/mol. The normalized spacial score (nSPS) is 22.8. The van der Waals surface area contributed by atoms with Gasteiger partial charge < -0.3 is 15.6 Å². The van der Waals surface area contributed by atoms with Crippen LogP contribution in [0.4, 0.5) is 13.2 Å². The average molecular weight is 477 g/mol. The number of aromatic nitrogens is 3. The summed E-state index contributed by atoms with van der Waals surface area (Å²) in [6.07, 6.45) is 1.27. The number of pyridine rings is 1. The minimum Gasteiger partial charge on any atom is -0.352 e. The van der Waals surface area contributed by atoms with Crippen molar-refractivity contribution in [2.75, 3.05) is 0 Å². The zero-order valence-electron chi connectivity index (χ0n) is 17.3. The van der Waals surface area contributed by atoms with Gasteiger partial charge in [0.15, 0.2) is 5.82 Å². The van der Waals surface area contributed by atoms with Crippen LogP contribution >= 0.6 is 11.6 Å². The summed E-state index contributed by atoms with van der Waals surface area (Å²) in [6.45, 7) is 0. The first-order chi connectivity index (χ1) is 15.8. The van der Waals surface area contributed by atoms with Crippen molar-refractivity contribution in [2.45, 2.75) is 49.7 Å². The van der Waals surface area contributed by atoms with Crippen LogP contribution in [0.25, 0.3) is 11.6 Å². The number of amidine groups is 1. The van der Waals surface area contributed by atoms with Crippen molar-refractivity contribution in [3.8, 4) is 11.6 Å². The monoisotopic (exact) mass is 476 g/mol. The summed E-state index contributed by atoms with van der Waals surface area (Å²) < 4.78 is 46.4. The minimum absolute atomic E-state index is 0.151. The van der Waals surface area contributed by atoms with Crippen molar-refractivity contribution >= 4 is 17.4 Å². The maximum atomic E-state index is 14.3. The van der Waals surface area contributed by atoms with Gasteiger partial charge in [0, 0.05) is 25.0 Å². The summed E-state index contributed by atoms with van der Waals surface area (Å²) in [5.74, 6) is -2.35. The number of nitrogens with one attached hydrogen (secondary N) is 1. The molecule has 1 aliphatic carbocycles. The van der Waals surface area contributed by atoms with Crippen molar-refractivity contribution in [3.05, 3.63) is 64.3 Å². The Morgan fingerprint density at radius 1 is 1.15 bits per heavy atom. The second kappa shape index (κ2) is 8.42. The van der Waals surface area contributed by atoms with E-state index < -0.39 is 23.9 Å². The molecule has 0 amide bonds. The van der Waals surface area contributed by atoms with Gasteiger partial charge in [0.25, 0.3) is 5.89 Å². The van der Waals surface area contributed by atoms with E-state index >= 15 is 0 Å². The number of aliphatic imine (C=N–C) groups is 1. The fourth-order valence-corrected chi connectivity index (χ4v) is 4.40. The molecule has 5 rings (SSSR count). The largest absolute Gasteiger partial charge is 0.352 e. The number of alkyl halides is 2. The highest BCUT2D eigenvalue weighted by atomic mass is 35.5. The first-order valence-electron chi connectivity index (χ1n) is 10.5. The lowest BCUT2D eigenvalue weighted by atomic mass is 9.86. The first kappa shape index (κ1) is 21.8. The van der Waals surface area contributed by atoms with Crippen LogP contribution in [0.15, 0.2) is 46.0 Å². The standard InChI is InChI=1S/C22H20ClF3N6O/c23-13-2-1-3-14(24)16(13)20-29-17(18(27)30-20)12-4-5-15(28-10-12)21-31-19(32-33-21)11-6-8-22(25,26)9-7-11/h1-5,10-11,17-18H,6-9,27H2,(H,29,30). The van der Waals surface area contributed by atoms with E-state index in [0.717, 1.165) is 0 Å². The van der Waals surface area contributed by atoms with E-state index in [0.29, 0.717) is 29.9 Å². The topological polar surface area (TPSA) is 102 Å². The minimum atomic E-state index is -2.61. The number of hydrogen-bond acceptors (Lipinski definition) is 7. The predicted octanol–water partition coefficient (Wildman–Crippen LogP) is 4.59. The van der Waals surface area contributed by atoms with Gasteiger partial charge in [0.05, 0.1) is 10.6 Å². The SMILES string of the molecule is NC1NC(c2c(F)cccc2Cl)=NC1c1ccc(-c2nc(C3CCC(F)(F)CC3)no2)nc1. The molecular formula is C22H20ClF3N6O. The van der Waals surface area contributed by atoms with Gasteiger partial charge in [-0.25, -0.2) is 13.2 Å². The smallest absolute Gasteiger partial charge is 0.276 e. The van der Waals surface area contributed by atoms with Crippen molar-refractivity contribution in [2.24, 2.45) is 10.7 Å². The molecule has 0 radical (unpaired) electrons. The van der Waals surface area contributed by atoms with Gasteiger partial charge >= 0.3 is 0 Å². The fourth-order valence-electron chi connectivity index (χ4n) is 4.15. The molecule has 1 aliphatic heterocycles. The highest BCUT2D eigenvalue weighted by Gasteiger charge is 2.37. The number of rotatable bonds is 4. The van der Waals surface area contributed by atoms with Crippen LogP contribution < -0.4 is 11.1 Å². The third-order valence-corrected chi connectivity index (χ3v) is 6.30. The number of benzene rings is 1. The molecule has 33 heavy (non-hydrogen) atoms. The van der Waals surface area contributed by atoms with E-state index in [1.54, 1.807) is 24.4 Å². The van der Waals surface area contributed by atoms with Gasteiger partial charge in [0.1, 0.15) is 29.6 Å². The van der Waals surface area contributed by atoms with Crippen LogP contribution in [0.1, 0.15) is 54.6 Å². The Balaban J connectivity index is 1.33. The molecule has 2 aromatic heterocycles. The first-order valence-corrected chi connectivity index (χ1v) is 10.9. The van der Waals surface area contributed by atoms with Gasteiger partial charge in [-0.15, -0.1) is 0 Å². The molecule has 0 bridgehead atoms. The van der Waals surface area contributed by atoms with Crippen molar-refractivity contribution in [1.29, 1.82) is 0 Å². The molecule has 2 atom stereocenters. The maximum absolute atomic E-state index is 14.3. The summed E-state index contributed by atoms with van der Waals surface area (Å²) in [4.78, 5) is 13.2. The Morgan fingerprint density at radius 3 is 2.64 bits per heavy atom. The third kappa shape index (κ3) is 4.32. The van der Waals surface area contributed by atoms with Crippen LogP contribution in [0, 0.1) is 5.82 Å². The second-order valence-electron chi connectivity index (χ2n) is 8.25. The maximum Gasteiger partial charge on any atom is 0.276 e. The van der Waals surface area contributed by atoms with Crippen LogP contribution in [-0.4, -0.2) is 33.0 Å². The van der Waals surface area contributed by atoms with Gasteiger partial charge in [0.2, 0.25) is 5.92 Å². The second-order valence-corrected chi connectivity index (χ2v) is 8.66. The molecule has 3 heterocycles. The van der Waals surface area contributed by atoms with Crippen molar-refractivity contribution in [1.82, 2.24) is 20.4 Å². The Hall–Kier alpha value is -2.98. The third-order valence-electron chi connectivity index (χ3n) is 5.98. The number of hydrogen-bond donors (Lipinski definition) is 2. The molecule has 2 aliphatic rings. The highest BCUT2D eigenvalue weighted by molar-refractivity contribution is 6.34. The molecule has 1 aromatic carbocycles. The molecule has 172 valence electrons. The zero-order chi connectivity index (χ0) is 23.2. The van der Waals surface area contributed by atoms with Gasteiger partial charge in [-0.1, -0.05) is 28.9 Å².